The molecule has 2 atom stereocenters. The fourth-order valence-corrected chi connectivity index (χ4v) is 4.20. The molecule has 3 rings (SSSR count). The topological polar surface area (TPSA) is 32.8 Å². The normalized spacial score (nSPS) is 28.1. The molecule has 2 heterocycles. The first-order chi connectivity index (χ1) is 11.5. The van der Waals surface area contributed by atoms with E-state index >= 15 is 0 Å². The smallest absolute Gasteiger partial charge is 0.260 e. The second-order valence-electron chi connectivity index (χ2n) is 7.20. The first-order valence-electron chi connectivity index (χ1n) is 8.90. The number of likely N-dealkylation sites (N-methyl/N-ethyl adjacent to an activating group) is 1. The third kappa shape index (κ3) is 3.27. The molecule has 0 bridgehead atoms. The zero-order valence-electron chi connectivity index (χ0n) is 14.6. The summed E-state index contributed by atoms with van der Waals surface area (Å²) in [6.07, 6.45) is 5.47. The Bertz CT molecular complexity index is 594. The minimum Gasteiger partial charge on any atom is -0.481 e. The van der Waals surface area contributed by atoms with Crippen LogP contribution in [0.15, 0.2) is 24.3 Å². The molecule has 2 fully saturated rings. The van der Waals surface area contributed by atoms with Gasteiger partial charge < -0.3 is 9.64 Å². The van der Waals surface area contributed by atoms with Gasteiger partial charge in [0, 0.05) is 18.1 Å². The number of nitrogens with zero attached hydrogens (tertiary/aromatic N) is 2. The molecule has 0 aliphatic carbocycles. The molecule has 2 saturated heterocycles. The number of fused-ring (bicyclic) bond motifs is 1. The number of hydrogen-bond acceptors (Lipinski definition) is 3. The lowest BCUT2D eigenvalue weighted by atomic mass is 9.80. The van der Waals surface area contributed by atoms with Crippen molar-refractivity contribution in [2.24, 2.45) is 0 Å². The lowest BCUT2D eigenvalue weighted by molar-refractivity contribution is -0.142. The van der Waals surface area contributed by atoms with Crippen LogP contribution in [0.4, 0.5) is 4.39 Å². The van der Waals surface area contributed by atoms with E-state index in [0.29, 0.717) is 0 Å². The zero-order valence-corrected chi connectivity index (χ0v) is 14.6. The zero-order chi connectivity index (χ0) is 17.2. The predicted octanol–water partition coefficient (Wildman–Crippen LogP) is 3.07. The third-order valence-corrected chi connectivity index (χ3v) is 5.78. The van der Waals surface area contributed by atoms with Crippen molar-refractivity contribution in [2.45, 2.75) is 50.6 Å². The second kappa shape index (κ2) is 7.09. The summed E-state index contributed by atoms with van der Waals surface area (Å²) >= 11 is 0. The highest BCUT2D eigenvalue weighted by Crippen LogP contribution is 2.37. The molecule has 0 N–H and O–H groups in total. The first kappa shape index (κ1) is 17.2. The molecule has 24 heavy (non-hydrogen) atoms. The van der Waals surface area contributed by atoms with Gasteiger partial charge in [0.05, 0.1) is 0 Å². The van der Waals surface area contributed by atoms with Crippen LogP contribution < -0.4 is 4.74 Å². The van der Waals surface area contributed by atoms with Gasteiger partial charge in [-0.25, -0.2) is 4.39 Å². The standard InChI is InChI=1S/C19H27FN2O2/c1-19-11-7-13-22(17(19)10-5-6-12-21(19)2)18(23)14-24-16-9-4-3-8-15(16)20/h3-4,8-9,17H,5-7,10-14H2,1-2H3/t17-,19-/m0/s1. The van der Waals surface area contributed by atoms with E-state index in [9.17, 15) is 9.18 Å². The maximum atomic E-state index is 13.7. The molecule has 0 spiro atoms. The van der Waals surface area contributed by atoms with Crippen LogP contribution in [-0.2, 0) is 4.79 Å². The van der Waals surface area contributed by atoms with Crippen molar-refractivity contribution in [3.05, 3.63) is 30.1 Å². The van der Waals surface area contributed by atoms with Crippen molar-refractivity contribution in [3.8, 4) is 5.75 Å². The van der Waals surface area contributed by atoms with E-state index in [1.807, 2.05) is 4.90 Å². The molecule has 1 aromatic carbocycles. The van der Waals surface area contributed by atoms with Gasteiger partial charge in [0.2, 0.25) is 0 Å². The Balaban J connectivity index is 1.70. The molecule has 0 unspecified atom stereocenters. The number of halogens is 1. The van der Waals surface area contributed by atoms with Gasteiger partial charge in [0.25, 0.3) is 5.91 Å². The molecule has 1 amide bonds. The van der Waals surface area contributed by atoms with Gasteiger partial charge in [-0.15, -0.1) is 0 Å². The van der Waals surface area contributed by atoms with Crippen LogP contribution in [-0.4, -0.2) is 54.0 Å². The summed E-state index contributed by atoms with van der Waals surface area (Å²) in [6.45, 7) is 4.03. The summed E-state index contributed by atoms with van der Waals surface area (Å²) in [5, 5.41) is 0. The Morgan fingerprint density at radius 2 is 2.08 bits per heavy atom. The number of benzene rings is 1. The van der Waals surface area contributed by atoms with E-state index in [1.54, 1.807) is 18.2 Å². The highest BCUT2D eigenvalue weighted by atomic mass is 19.1. The number of amides is 1. The Kier molecular flexibility index (Phi) is 5.09. The minimum absolute atomic E-state index is 0.0302. The van der Waals surface area contributed by atoms with Crippen LogP contribution in [0.3, 0.4) is 0 Å². The van der Waals surface area contributed by atoms with E-state index < -0.39 is 5.82 Å². The molecular formula is C19H27FN2O2. The fraction of sp³-hybridized carbons (Fsp3) is 0.632. The van der Waals surface area contributed by atoms with Gasteiger partial charge in [-0.3, -0.25) is 9.69 Å². The fourth-order valence-electron chi connectivity index (χ4n) is 4.20. The Morgan fingerprint density at radius 3 is 2.88 bits per heavy atom. The van der Waals surface area contributed by atoms with Crippen LogP contribution in [0.25, 0.3) is 0 Å². The van der Waals surface area contributed by atoms with Gasteiger partial charge in [-0.1, -0.05) is 18.6 Å². The van der Waals surface area contributed by atoms with Crippen molar-refractivity contribution in [3.63, 3.8) is 0 Å². The van der Waals surface area contributed by atoms with Crippen molar-refractivity contribution in [1.29, 1.82) is 0 Å². The predicted molar refractivity (Wildman–Crippen MR) is 91.5 cm³/mol. The summed E-state index contributed by atoms with van der Waals surface area (Å²) in [6, 6.07) is 6.44. The lowest BCUT2D eigenvalue weighted by Gasteiger charge is -2.51. The van der Waals surface area contributed by atoms with E-state index in [4.69, 9.17) is 4.74 Å². The van der Waals surface area contributed by atoms with Crippen LogP contribution in [0.5, 0.6) is 5.75 Å². The van der Waals surface area contributed by atoms with Crippen molar-refractivity contribution >= 4 is 5.91 Å². The van der Waals surface area contributed by atoms with Gasteiger partial charge in [0.1, 0.15) is 0 Å². The van der Waals surface area contributed by atoms with Crippen LogP contribution in [0.2, 0.25) is 0 Å². The van der Waals surface area contributed by atoms with Gasteiger partial charge >= 0.3 is 0 Å². The van der Waals surface area contributed by atoms with E-state index in [2.05, 4.69) is 18.9 Å². The number of carbonyl (C=O) groups excluding carboxylic acids is 1. The molecule has 132 valence electrons. The number of hydrogen-bond donors (Lipinski definition) is 0. The maximum Gasteiger partial charge on any atom is 0.260 e. The molecule has 1 aromatic rings. The van der Waals surface area contributed by atoms with Crippen LogP contribution in [0, 0.1) is 5.82 Å². The second-order valence-corrected chi connectivity index (χ2v) is 7.20. The van der Waals surface area contributed by atoms with E-state index in [-0.39, 0.29) is 29.8 Å². The largest absolute Gasteiger partial charge is 0.481 e. The molecule has 5 heteroatoms. The van der Waals surface area contributed by atoms with Crippen molar-refractivity contribution in [1.82, 2.24) is 9.80 Å². The number of rotatable bonds is 3. The molecule has 0 aromatic heterocycles. The summed E-state index contributed by atoms with van der Waals surface area (Å²) in [5.74, 6) is -0.323. The Morgan fingerprint density at radius 1 is 1.29 bits per heavy atom. The van der Waals surface area contributed by atoms with Gasteiger partial charge in [0.15, 0.2) is 18.2 Å². The Hall–Kier alpha value is -1.62. The number of carbonyl (C=O) groups is 1. The molecular weight excluding hydrogens is 307 g/mol. The summed E-state index contributed by atoms with van der Waals surface area (Å²) < 4.78 is 19.1. The number of para-hydroxylation sites is 1. The van der Waals surface area contributed by atoms with Crippen molar-refractivity contribution in [2.75, 3.05) is 26.7 Å². The van der Waals surface area contributed by atoms with Gasteiger partial charge in [-0.2, -0.15) is 0 Å². The van der Waals surface area contributed by atoms with Crippen LogP contribution in [0.1, 0.15) is 39.0 Å². The average Bonchev–Trinajstić information content (AvgIpc) is 2.72. The first-order valence-corrected chi connectivity index (χ1v) is 8.90. The highest BCUT2D eigenvalue weighted by Gasteiger charge is 2.46. The lowest BCUT2D eigenvalue weighted by Crippen LogP contribution is -2.63. The molecule has 4 nitrogen and oxygen atoms in total. The van der Waals surface area contributed by atoms with Crippen LogP contribution >= 0.6 is 0 Å². The number of piperidine rings is 1. The quantitative estimate of drug-likeness (QED) is 0.852. The molecule has 2 aliphatic rings. The van der Waals surface area contributed by atoms with Crippen molar-refractivity contribution < 1.29 is 13.9 Å². The van der Waals surface area contributed by atoms with E-state index in [1.165, 1.54) is 12.5 Å². The molecule has 2 aliphatic heterocycles. The summed E-state index contributed by atoms with van der Waals surface area (Å²) in [7, 11) is 2.17. The van der Waals surface area contributed by atoms with Gasteiger partial charge in [-0.05, 0) is 58.3 Å². The SMILES string of the molecule is CN1CCCC[C@@H]2N(C(=O)COc3ccccc3F)CCC[C@@]21C. The maximum absolute atomic E-state index is 13.7. The number of ether oxygens (including phenoxy) is 1. The third-order valence-electron chi connectivity index (χ3n) is 5.78. The minimum atomic E-state index is -0.428. The summed E-state index contributed by atoms with van der Waals surface area (Å²) in [4.78, 5) is 17.2. The average molecular weight is 334 g/mol. The van der Waals surface area contributed by atoms with E-state index in [0.717, 1.165) is 38.8 Å². The Labute approximate surface area is 143 Å². The molecule has 0 radical (unpaired) electrons. The highest BCUT2D eigenvalue weighted by molar-refractivity contribution is 5.78. The summed E-state index contributed by atoms with van der Waals surface area (Å²) in [5.41, 5.74) is 0.0302. The monoisotopic (exact) mass is 334 g/mol. The molecule has 0 saturated carbocycles. The number of likely N-dealkylation sites (tertiary alicyclic amines) is 2.